The van der Waals surface area contributed by atoms with Crippen molar-refractivity contribution < 1.29 is 33.7 Å². The van der Waals surface area contributed by atoms with E-state index >= 15 is 0 Å². The molecule has 39 heavy (non-hydrogen) atoms. The molecule has 3 aromatic carbocycles. The van der Waals surface area contributed by atoms with Crippen molar-refractivity contribution in [3.63, 3.8) is 0 Å². The molecule has 0 saturated carbocycles. The molecule has 0 radical (unpaired) electrons. The maximum Gasteiger partial charge on any atom is 0.338 e. The minimum absolute atomic E-state index is 0.0717. The fourth-order valence-corrected chi connectivity index (χ4v) is 4.23. The maximum atomic E-state index is 13.2. The maximum absolute atomic E-state index is 13.2. The number of unbranched alkanes of at least 4 members (excludes halogenated alkanes) is 3. The SMILES string of the molecule is CCOC(=O)c1cccc(C(=O)c2ccc(OCCCCCCc3ccc(OC)cc3)c(CCC(=O)O)c2)c1. The number of carboxylic acids is 1. The van der Waals surface area contributed by atoms with E-state index in [2.05, 4.69) is 12.1 Å². The monoisotopic (exact) mass is 532 g/mol. The zero-order valence-corrected chi connectivity index (χ0v) is 22.6. The highest BCUT2D eigenvalue weighted by molar-refractivity contribution is 6.10. The number of hydrogen-bond donors (Lipinski definition) is 1. The highest BCUT2D eigenvalue weighted by atomic mass is 16.5. The fraction of sp³-hybridized carbons (Fsp3) is 0.344. The van der Waals surface area contributed by atoms with Gasteiger partial charge in [-0.1, -0.05) is 37.1 Å². The summed E-state index contributed by atoms with van der Waals surface area (Å²) in [6, 6.07) is 19.6. The Balaban J connectivity index is 1.56. The average Bonchev–Trinajstić information content (AvgIpc) is 2.96. The molecule has 7 heteroatoms. The van der Waals surface area contributed by atoms with Gasteiger partial charge in [-0.2, -0.15) is 0 Å². The van der Waals surface area contributed by atoms with Gasteiger partial charge in [0.1, 0.15) is 11.5 Å². The molecular weight excluding hydrogens is 496 g/mol. The van der Waals surface area contributed by atoms with E-state index in [1.807, 2.05) is 12.1 Å². The van der Waals surface area contributed by atoms with Gasteiger partial charge in [0.15, 0.2) is 5.78 Å². The number of benzene rings is 3. The summed E-state index contributed by atoms with van der Waals surface area (Å²) in [6.45, 7) is 2.48. The van der Waals surface area contributed by atoms with E-state index in [-0.39, 0.29) is 25.2 Å². The van der Waals surface area contributed by atoms with Crippen LogP contribution in [0.5, 0.6) is 11.5 Å². The number of carbonyl (C=O) groups excluding carboxylic acids is 2. The molecule has 0 spiro atoms. The van der Waals surface area contributed by atoms with Crippen molar-refractivity contribution in [1.82, 2.24) is 0 Å². The molecule has 0 atom stereocenters. The summed E-state index contributed by atoms with van der Waals surface area (Å²) in [7, 11) is 1.66. The van der Waals surface area contributed by atoms with Gasteiger partial charge in [-0.05, 0) is 86.2 Å². The first-order valence-corrected chi connectivity index (χ1v) is 13.3. The van der Waals surface area contributed by atoms with Crippen molar-refractivity contribution in [2.45, 2.75) is 51.9 Å². The Kier molecular flexibility index (Phi) is 11.6. The second-order valence-corrected chi connectivity index (χ2v) is 9.21. The third-order valence-corrected chi connectivity index (χ3v) is 6.34. The Hall–Kier alpha value is -4.13. The number of hydrogen-bond acceptors (Lipinski definition) is 6. The molecule has 206 valence electrons. The van der Waals surface area contributed by atoms with Crippen LogP contribution in [0.25, 0.3) is 0 Å². The predicted octanol–water partition coefficient (Wildman–Crippen LogP) is 6.30. The molecule has 0 fully saturated rings. The number of aliphatic carboxylic acids is 1. The number of methoxy groups -OCH3 is 1. The molecule has 0 aliphatic carbocycles. The van der Waals surface area contributed by atoms with Gasteiger partial charge in [-0.25, -0.2) is 4.79 Å². The van der Waals surface area contributed by atoms with Crippen molar-refractivity contribution in [3.05, 3.63) is 94.5 Å². The van der Waals surface area contributed by atoms with Crippen LogP contribution in [0.4, 0.5) is 0 Å². The number of esters is 1. The lowest BCUT2D eigenvalue weighted by atomic mass is 9.98. The molecule has 0 aliphatic rings. The van der Waals surface area contributed by atoms with E-state index in [9.17, 15) is 19.5 Å². The summed E-state index contributed by atoms with van der Waals surface area (Å²) in [5, 5.41) is 9.20. The number of carbonyl (C=O) groups is 3. The molecule has 0 bridgehead atoms. The van der Waals surface area contributed by atoms with E-state index in [1.54, 1.807) is 50.4 Å². The van der Waals surface area contributed by atoms with Gasteiger partial charge in [-0.3, -0.25) is 9.59 Å². The molecule has 0 aliphatic heterocycles. The number of ether oxygens (including phenoxy) is 3. The minimum Gasteiger partial charge on any atom is -0.497 e. The van der Waals surface area contributed by atoms with Crippen molar-refractivity contribution in [1.29, 1.82) is 0 Å². The first kappa shape index (κ1) is 29.4. The van der Waals surface area contributed by atoms with E-state index in [0.29, 0.717) is 34.6 Å². The van der Waals surface area contributed by atoms with Crippen molar-refractivity contribution in [2.24, 2.45) is 0 Å². The lowest BCUT2D eigenvalue weighted by Crippen LogP contribution is -2.09. The third-order valence-electron chi connectivity index (χ3n) is 6.34. The van der Waals surface area contributed by atoms with Crippen LogP contribution in [0.3, 0.4) is 0 Å². The minimum atomic E-state index is -0.920. The van der Waals surface area contributed by atoms with Crippen molar-refractivity contribution in [2.75, 3.05) is 20.3 Å². The van der Waals surface area contributed by atoms with E-state index in [1.165, 1.54) is 11.6 Å². The lowest BCUT2D eigenvalue weighted by molar-refractivity contribution is -0.136. The van der Waals surface area contributed by atoms with Crippen LogP contribution in [0.1, 0.15) is 76.4 Å². The van der Waals surface area contributed by atoms with Crippen LogP contribution in [0, 0.1) is 0 Å². The molecule has 0 heterocycles. The average molecular weight is 533 g/mol. The molecule has 1 N–H and O–H groups in total. The van der Waals surface area contributed by atoms with Crippen LogP contribution in [-0.4, -0.2) is 43.2 Å². The van der Waals surface area contributed by atoms with E-state index in [4.69, 9.17) is 14.2 Å². The standard InChI is InChI=1S/C32H36O7/c1-3-38-32(36)27-11-8-10-25(22-27)31(35)26-14-18-29(24(21-26)15-19-30(33)34)39-20-7-5-4-6-9-23-12-16-28(37-2)17-13-23/h8,10-14,16-18,21-22H,3-7,9,15,19-20H2,1-2H3,(H,33,34). The Morgan fingerprint density at radius 1 is 0.795 bits per heavy atom. The lowest BCUT2D eigenvalue weighted by Gasteiger charge is -2.13. The molecule has 0 saturated heterocycles. The van der Waals surface area contributed by atoms with Gasteiger partial charge in [0, 0.05) is 17.5 Å². The Labute approximate surface area is 229 Å². The van der Waals surface area contributed by atoms with Gasteiger partial charge < -0.3 is 19.3 Å². The predicted molar refractivity (Wildman–Crippen MR) is 149 cm³/mol. The Morgan fingerprint density at radius 3 is 2.23 bits per heavy atom. The first-order valence-electron chi connectivity index (χ1n) is 13.3. The van der Waals surface area contributed by atoms with Crippen LogP contribution in [0.2, 0.25) is 0 Å². The molecule has 0 aromatic heterocycles. The van der Waals surface area contributed by atoms with Crippen LogP contribution < -0.4 is 9.47 Å². The first-order chi connectivity index (χ1) is 18.9. The van der Waals surface area contributed by atoms with Gasteiger partial charge >= 0.3 is 11.9 Å². The zero-order chi connectivity index (χ0) is 28.0. The summed E-state index contributed by atoms with van der Waals surface area (Å²) in [4.78, 5) is 36.4. The van der Waals surface area contributed by atoms with Crippen LogP contribution >= 0.6 is 0 Å². The number of ketones is 1. The second kappa shape index (κ2) is 15.3. The van der Waals surface area contributed by atoms with E-state index < -0.39 is 11.9 Å². The topological polar surface area (TPSA) is 99.1 Å². The highest BCUT2D eigenvalue weighted by Gasteiger charge is 2.16. The summed E-state index contributed by atoms with van der Waals surface area (Å²) in [6.07, 6.45) is 5.26. The molecule has 0 unspecified atom stereocenters. The normalized spacial score (nSPS) is 10.6. The summed E-state index contributed by atoms with van der Waals surface area (Å²) < 4.78 is 16.2. The van der Waals surface area contributed by atoms with Crippen molar-refractivity contribution >= 4 is 17.7 Å². The van der Waals surface area contributed by atoms with Gasteiger partial charge in [0.25, 0.3) is 0 Å². The van der Waals surface area contributed by atoms with Gasteiger partial charge in [-0.15, -0.1) is 0 Å². The smallest absolute Gasteiger partial charge is 0.338 e. The highest BCUT2D eigenvalue weighted by Crippen LogP contribution is 2.24. The van der Waals surface area contributed by atoms with Crippen LogP contribution in [0.15, 0.2) is 66.7 Å². The second-order valence-electron chi connectivity index (χ2n) is 9.21. The zero-order valence-electron chi connectivity index (χ0n) is 22.6. The Morgan fingerprint density at radius 2 is 1.51 bits per heavy atom. The molecule has 7 nitrogen and oxygen atoms in total. The van der Waals surface area contributed by atoms with Gasteiger partial charge in [0.2, 0.25) is 0 Å². The van der Waals surface area contributed by atoms with Crippen LogP contribution in [-0.2, 0) is 22.4 Å². The molecular formula is C32H36O7. The largest absolute Gasteiger partial charge is 0.497 e. The quantitative estimate of drug-likeness (QED) is 0.131. The molecule has 3 rings (SSSR count). The van der Waals surface area contributed by atoms with Gasteiger partial charge in [0.05, 0.1) is 25.9 Å². The summed E-state index contributed by atoms with van der Waals surface area (Å²) in [5.74, 6) is -0.220. The summed E-state index contributed by atoms with van der Waals surface area (Å²) >= 11 is 0. The number of aryl methyl sites for hydroxylation is 2. The number of rotatable bonds is 16. The summed E-state index contributed by atoms with van der Waals surface area (Å²) in [5.41, 5.74) is 3.02. The Bertz CT molecular complexity index is 1250. The molecule has 0 amide bonds. The third kappa shape index (κ3) is 9.28. The van der Waals surface area contributed by atoms with Crippen molar-refractivity contribution in [3.8, 4) is 11.5 Å². The molecule has 3 aromatic rings. The fourth-order valence-electron chi connectivity index (χ4n) is 4.23. The number of carboxylic acid groups (broad SMARTS) is 1. The van der Waals surface area contributed by atoms with E-state index in [0.717, 1.165) is 37.9 Å².